The van der Waals surface area contributed by atoms with Crippen molar-refractivity contribution in [3.8, 4) is 0 Å². The number of carbonyl (C=O) groups is 5. The standard InChI is InChI=1S/C25H25N3O5/c29-15-17-5-9-19(10-6-17)24(32)28-14-2-4-22(28)25(33)27-13-1-3-21(27)23(31)26-20-11-7-18(16-30)8-12-20/h5-12,15-16,21-22H,1-4,13-14H2,(H,26,31). The Morgan fingerprint density at radius 3 is 1.91 bits per heavy atom. The molecule has 0 radical (unpaired) electrons. The summed E-state index contributed by atoms with van der Waals surface area (Å²) in [6.07, 6.45) is 3.97. The highest BCUT2D eigenvalue weighted by atomic mass is 16.2. The third kappa shape index (κ3) is 4.69. The van der Waals surface area contributed by atoms with E-state index >= 15 is 0 Å². The van der Waals surface area contributed by atoms with Gasteiger partial charge in [0.05, 0.1) is 0 Å². The minimum Gasteiger partial charge on any atom is -0.329 e. The van der Waals surface area contributed by atoms with E-state index in [4.69, 9.17) is 0 Å². The van der Waals surface area contributed by atoms with Crippen molar-refractivity contribution in [2.24, 2.45) is 0 Å². The molecule has 1 N–H and O–H groups in total. The van der Waals surface area contributed by atoms with Gasteiger partial charge in [-0.05, 0) is 62.1 Å². The number of aldehydes is 2. The lowest BCUT2D eigenvalue weighted by Gasteiger charge is -2.31. The van der Waals surface area contributed by atoms with Crippen LogP contribution in [0.25, 0.3) is 0 Å². The molecule has 0 aliphatic carbocycles. The lowest BCUT2D eigenvalue weighted by molar-refractivity contribution is -0.139. The van der Waals surface area contributed by atoms with Crippen LogP contribution >= 0.6 is 0 Å². The van der Waals surface area contributed by atoms with Crippen LogP contribution < -0.4 is 5.32 Å². The van der Waals surface area contributed by atoms with Crippen LogP contribution in [0.2, 0.25) is 0 Å². The number of nitrogens with one attached hydrogen (secondary N) is 1. The second kappa shape index (κ2) is 9.77. The molecule has 2 saturated heterocycles. The number of likely N-dealkylation sites (tertiary alicyclic amines) is 2. The van der Waals surface area contributed by atoms with E-state index in [0.29, 0.717) is 67.4 Å². The van der Waals surface area contributed by atoms with E-state index in [2.05, 4.69) is 5.32 Å². The summed E-state index contributed by atoms with van der Waals surface area (Å²) >= 11 is 0. The summed E-state index contributed by atoms with van der Waals surface area (Å²) in [5, 5.41) is 2.82. The van der Waals surface area contributed by atoms with Gasteiger partial charge in [0.1, 0.15) is 24.7 Å². The van der Waals surface area contributed by atoms with Crippen molar-refractivity contribution in [1.29, 1.82) is 0 Å². The monoisotopic (exact) mass is 447 g/mol. The average Bonchev–Trinajstić information content (AvgIpc) is 3.54. The maximum absolute atomic E-state index is 13.4. The van der Waals surface area contributed by atoms with Gasteiger partial charge in [0.25, 0.3) is 5.91 Å². The molecule has 2 aliphatic heterocycles. The van der Waals surface area contributed by atoms with Crippen molar-refractivity contribution in [3.63, 3.8) is 0 Å². The van der Waals surface area contributed by atoms with Crippen LogP contribution in [0.3, 0.4) is 0 Å². The van der Waals surface area contributed by atoms with E-state index in [0.717, 1.165) is 6.29 Å². The van der Waals surface area contributed by atoms with Crippen LogP contribution in [-0.4, -0.2) is 65.3 Å². The molecule has 2 aliphatic rings. The fraction of sp³-hybridized carbons (Fsp3) is 0.320. The summed E-state index contributed by atoms with van der Waals surface area (Å²) in [5.74, 6) is -0.738. The predicted molar refractivity (Wildman–Crippen MR) is 121 cm³/mol. The molecular weight excluding hydrogens is 422 g/mol. The van der Waals surface area contributed by atoms with E-state index in [1.807, 2.05) is 0 Å². The number of anilines is 1. The highest BCUT2D eigenvalue weighted by Gasteiger charge is 2.42. The topological polar surface area (TPSA) is 104 Å². The normalized spacial score (nSPS) is 19.9. The third-order valence-corrected chi connectivity index (χ3v) is 6.25. The van der Waals surface area contributed by atoms with Gasteiger partial charge in [-0.15, -0.1) is 0 Å². The minimum absolute atomic E-state index is 0.209. The summed E-state index contributed by atoms with van der Waals surface area (Å²) in [4.78, 5) is 64.2. The first-order valence-corrected chi connectivity index (χ1v) is 11.0. The van der Waals surface area contributed by atoms with Gasteiger partial charge in [-0.25, -0.2) is 0 Å². The number of hydrogen-bond acceptors (Lipinski definition) is 5. The number of amides is 3. The fourth-order valence-electron chi connectivity index (χ4n) is 4.50. The highest BCUT2D eigenvalue weighted by molar-refractivity contribution is 6.01. The first-order valence-electron chi connectivity index (χ1n) is 11.0. The Kier molecular flexibility index (Phi) is 6.63. The van der Waals surface area contributed by atoms with Gasteiger partial charge in [0, 0.05) is 35.5 Å². The Labute approximate surface area is 191 Å². The van der Waals surface area contributed by atoms with Crippen molar-refractivity contribution >= 4 is 36.0 Å². The quantitative estimate of drug-likeness (QED) is 0.686. The molecule has 2 fully saturated rings. The van der Waals surface area contributed by atoms with Crippen molar-refractivity contribution < 1.29 is 24.0 Å². The van der Waals surface area contributed by atoms with Gasteiger partial charge >= 0.3 is 0 Å². The molecule has 2 atom stereocenters. The Morgan fingerprint density at radius 2 is 1.30 bits per heavy atom. The highest BCUT2D eigenvalue weighted by Crippen LogP contribution is 2.27. The fourth-order valence-corrected chi connectivity index (χ4v) is 4.50. The smallest absolute Gasteiger partial charge is 0.254 e. The van der Waals surface area contributed by atoms with Crippen LogP contribution in [0, 0.1) is 0 Å². The van der Waals surface area contributed by atoms with E-state index in [1.54, 1.807) is 58.3 Å². The van der Waals surface area contributed by atoms with Crippen molar-refractivity contribution in [1.82, 2.24) is 9.80 Å². The molecule has 3 amide bonds. The molecule has 0 bridgehead atoms. The van der Waals surface area contributed by atoms with Gasteiger partial charge in [-0.3, -0.25) is 24.0 Å². The van der Waals surface area contributed by atoms with Crippen LogP contribution in [0.1, 0.15) is 56.8 Å². The Hall–Kier alpha value is -3.81. The molecule has 2 unspecified atom stereocenters. The van der Waals surface area contributed by atoms with Crippen molar-refractivity contribution in [3.05, 3.63) is 65.2 Å². The molecule has 2 aromatic carbocycles. The molecule has 0 spiro atoms. The Balaban J connectivity index is 1.45. The largest absolute Gasteiger partial charge is 0.329 e. The van der Waals surface area contributed by atoms with Crippen LogP contribution in [-0.2, 0) is 9.59 Å². The lowest BCUT2D eigenvalue weighted by Crippen LogP contribution is -2.51. The number of hydrogen-bond donors (Lipinski definition) is 1. The van der Waals surface area contributed by atoms with Crippen molar-refractivity contribution in [2.75, 3.05) is 18.4 Å². The number of nitrogens with zero attached hydrogens (tertiary/aromatic N) is 2. The molecule has 4 rings (SSSR count). The van der Waals surface area contributed by atoms with E-state index in [9.17, 15) is 24.0 Å². The molecule has 2 aromatic rings. The zero-order valence-electron chi connectivity index (χ0n) is 18.1. The number of benzene rings is 2. The average molecular weight is 447 g/mol. The van der Waals surface area contributed by atoms with Crippen LogP contribution in [0.4, 0.5) is 5.69 Å². The summed E-state index contributed by atoms with van der Waals surface area (Å²) in [5.41, 5.74) is 1.97. The second-order valence-electron chi connectivity index (χ2n) is 8.32. The third-order valence-electron chi connectivity index (χ3n) is 6.25. The maximum atomic E-state index is 13.4. The number of rotatable bonds is 6. The summed E-state index contributed by atoms with van der Waals surface area (Å²) < 4.78 is 0. The van der Waals surface area contributed by atoms with Gasteiger partial charge < -0.3 is 15.1 Å². The second-order valence-corrected chi connectivity index (χ2v) is 8.32. The Bertz CT molecular complexity index is 1060. The molecular formula is C25H25N3O5. The van der Waals surface area contributed by atoms with Crippen molar-refractivity contribution in [2.45, 2.75) is 37.8 Å². The van der Waals surface area contributed by atoms with E-state index in [1.165, 1.54) is 0 Å². The summed E-state index contributed by atoms with van der Waals surface area (Å²) in [7, 11) is 0. The van der Waals surface area contributed by atoms with E-state index < -0.39 is 12.1 Å². The molecule has 8 nitrogen and oxygen atoms in total. The number of carbonyl (C=O) groups excluding carboxylic acids is 5. The van der Waals surface area contributed by atoms with Crippen LogP contribution in [0.15, 0.2) is 48.5 Å². The molecule has 170 valence electrons. The van der Waals surface area contributed by atoms with Gasteiger partial charge in [-0.2, -0.15) is 0 Å². The summed E-state index contributed by atoms with van der Waals surface area (Å²) in [6.45, 7) is 0.937. The van der Waals surface area contributed by atoms with Gasteiger partial charge in [0.15, 0.2) is 0 Å². The van der Waals surface area contributed by atoms with Gasteiger partial charge in [-0.1, -0.05) is 12.1 Å². The first-order chi connectivity index (χ1) is 16.0. The lowest BCUT2D eigenvalue weighted by atomic mass is 10.1. The predicted octanol–water partition coefficient (Wildman–Crippen LogP) is 2.55. The summed E-state index contributed by atoms with van der Waals surface area (Å²) in [6, 6.07) is 11.7. The van der Waals surface area contributed by atoms with Gasteiger partial charge in [0.2, 0.25) is 11.8 Å². The molecule has 2 heterocycles. The zero-order chi connectivity index (χ0) is 23.4. The molecule has 0 aromatic heterocycles. The molecule has 33 heavy (non-hydrogen) atoms. The first kappa shape index (κ1) is 22.4. The van der Waals surface area contributed by atoms with E-state index in [-0.39, 0.29) is 17.7 Å². The minimum atomic E-state index is -0.608. The Morgan fingerprint density at radius 1 is 0.758 bits per heavy atom. The maximum Gasteiger partial charge on any atom is 0.254 e. The molecule has 0 saturated carbocycles. The molecule has 8 heteroatoms. The zero-order valence-corrected chi connectivity index (χ0v) is 18.1. The van der Waals surface area contributed by atoms with Crippen LogP contribution in [0.5, 0.6) is 0 Å². The SMILES string of the molecule is O=Cc1ccc(NC(=O)C2CCCN2C(=O)C2CCCN2C(=O)c2ccc(C=O)cc2)cc1.